The summed E-state index contributed by atoms with van der Waals surface area (Å²) in [6.45, 7) is 2.91. The quantitative estimate of drug-likeness (QED) is 0.419. The van der Waals surface area contributed by atoms with Gasteiger partial charge in [0, 0.05) is 33.7 Å². The smallest absolute Gasteiger partial charge is 0.293 e. The first-order chi connectivity index (χ1) is 14.5. The Kier molecular flexibility index (Phi) is 5.97. The number of hydrogen-bond acceptors (Lipinski definition) is 4. The molecule has 0 bridgehead atoms. The molecule has 0 unspecified atom stereocenters. The van der Waals surface area contributed by atoms with Gasteiger partial charge in [-0.1, -0.05) is 28.1 Å². The van der Waals surface area contributed by atoms with Crippen LogP contribution in [0.2, 0.25) is 0 Å². The zero-order valence-corrected chi connectivity index (χ0v) is 18.5. The van der Waals surface area contributed by atoms with Gasteiger partial charge in [0.05, 0.1) is 11.4 Å². The van der Waals surface area contributed by atoms with Crippen LogP contribution < -0.4 is 4.74 Å². The molecule has 2 heterocycles. The van der Waals surface area contributed by atoms with E-state index in [1.54, 1.807) is 31.2 Å². The Morgan fingerprint density at radius 1 is 1.20 bits per heavy atom. The number of aromatic nitrogens is 1. The monoisotopic (exact) mass is 488 g/mol. The van der Waals surface area contributed by atoms with Gasteiger partial charge >= 0.3 is 0 Å². The Balaban J connectivity index is 1.63. The van der Waals surface area contributed by atoms with Crippen molar-refractivity contribution in [1.29, 1.82) is 0 Å². The molecule has 0 saturated carbocycles. The van der Waals surface area contributed by atoms with Crippen LogP contribution in [0.4, 0.5) is 9.18 Å². The van der Waals surface area contributed by atoms with E-state index in [0.717, 1.165) is 32.7 Å². The first kappa shape index (κ1) is 20.7. The highest BCUT2D eigenvalue weighted by Crippen LogP contribution is 2.34. The fourth-order valence-electron chi connectivity index (χ4n) is 3.33. The van der Waals surface area contributed by atoms with E-state index in [0.29, 0.717) is 18.0 Å². The van der Waals surface area contributed by atoms with Gasteiger partial charge < -0.3 is 9.30 Å². The van der Waals surface area contributed by atoms with Gasteiger partial charge in [-0.25, -0.2) is 4.39 Å². The number of halogens is 2. The minimum Gasteiger partial charge on any atom is -0.489 e. The molecule has 1 fully saturated rings. The lowest BCUT2D eigenvalue weighted by Crippen LogP contribution is -2.27. The highest BCUT2D eigenvalue weighted by Gasteiger charge is 2.33. The maximum absolute atomic E-state index is 13.8. The predicted octanol–water partition coefficient (Wildman–Crippen LogP) is 5.68. The number of thioether (sulfide) groups is 1. The van der Waals surface area contributed by atoms with Crippen molar-refractivity contribution >= 4 is 55.8 Å². The van der Waals surface area contributed by atoms with E-state index >= 15 is 0 Å². The van der Waals surface area contributed by atoms with Gasteiger partial charge in [0.25, 0.3) is 11.1 Å². The molecule has 0 spiro atoms. The Morgan fingerprint density at radius 2 is 2.00 bits per heavy atom. The molecule has 4 rings (SSSR count). The number of para-hydroxylation sites is 1. The molecule has 1 aromatic heterocycles. The molecule has 1 saturated heterocycles. The average Bonchev–Trinajstić information content (AvgIpc) is 3.19. The number of carbonyl (C=O) groups is 2. The molecule has 8 heteroatoms. The maximum Gasteiger partial charge on any atom is 0.293 e. The molecule has 30 heavy (non-hydrogen) atoms. The van der Waals surface area contributed by atoms with Crippen molar-refractivity contribution in [3.8, 4) is 5.75 Å². The van der Waals surface area contributed by atoms with Crippen molar-refractivity contribution in [2.24, 2.45) is 0 Å². The van der Waals surface area contributed by atoms with Gasteiger partial charge in [-0.3, -0.25) is 14.5 Å². The Labute approximate surface area is 185 Å². The van der Waals surface area contributed by atoms with E-state index in [9.17, 15) is 14.0 Å². The van der Waals surface area contributed by atoms with E-state index < -0.39 is 5.82 Å². The Morgan fingerprint density at radius 3 is 2.73 bits per heavy atom. The summed E-state index contributed by atoms with van der Waals surface area (Å²) in [6.07, 6.45) is 3.67. The standard InChI is InChI=1S/C22H18BrFN2O3S/c1-2-26-21(27)20(30-22(26)28)11-14-13-25(18-8-7-15(23)12-16(14)18)9-10-29-19-6-4-3-5-17(19)24/h3-8,11-13H,2,9-10H2,1H3/b20-11-. The molecule has 0 aliphatic carbocycles. The van der Waals surface area contributed by atoms with Crippen LogP contribution in [0.5, 0.6) is 5.75 Å². The van der Waals surface area contributed by atoms with Gasteiger partial charge in [0.15, 0.2) is 11.6 Å². The van der Waals surface area contributed by atoms with Crippen LogP contribution in [0.3, 0.4) is 0 Å². The van der Waals surface area contributed by atoms with Crippen LogP contribution >= 0.6 is 27.7 Å². The molecular weight excluding hydrogens is 471 g/mol. The zero-order chi connectivity index (χ0) is 21.3. The minimum atomic E-state index is -0.397. The lowest BCUT2D eigenvalue weighted by atomic mass is 10.1. The van der Waals surface area contributed by atoms with Crippen LogP contribution in [-0.2, 0) is 11.3 Å². The normalized spacial score (nSPS) is 15.6. The fourth-order valence-corrected chi connectivity index (χ4v) is 4.58. The van der Waals surface area contributed by atoms with Gasteiger partial charge in [-0.15, -0.1) is 0 Å². The first-order valence-corrected chi connectivity index (χ1v) is 11.0. The lowest BCUT2D eigenvalue weighted by molar-refractivity contribution is -0.122. The second kappa shape index (κ2) is 8.65. The molecule has 0 radical (unpaired) electrons. The predicted molar refractivity (Wildman–Crippen MR) is 120 cm³/mol. The van der Waals surface area contributed by atoms with Crippen molar-refractivity contribution in [3.05, 3.63) is 69.4 Å². The number of fused-ring (bicyclic) bond motifs is 1. The highest BCUT2D eigenvalue weighted by atomic mass is 79.9. The Hall–Kier alpha value is -2.58. The summed E-state index contributed by atoms with van der Waals surface area (Å²) in [5, 5.41) is 0.690. The molecule has 1 aliphatic heterocycles. The van der Waals surface area contributed by atoms with E-state index in [2.05, 4.69) is 15.9 Å². The summed E-state index contributed by atoms with van der Waals surface area (Å²) in [5.41, 5.74) is 1.79. The number of carbonyl (C=O) groups excluding carboxylic acids is 2. The summed E-state index contributed by atoms with van der Waals surface area (Å²) in [4.78, 5) is 26.1. The van der Waals surface area contributed by atoms with Crippen molar-refractivity contribution in [2.75, 3.05) is 13.2 Å². The van der Waals surface area contributed by atoms with E-state index in [1.165, 1.54) is 11.0 Å². The molecular formula is C22H18BrFN2O3S. The first-order valence-electron chi connectivity index (χ1n) is 9.39. The zero-order valence-electron chi connectivity index (χ0n) is 16.1. The van der Waals surface area contributed by atoms with Gasteiger partial charge in [0.2, 0.25) is 0 Å². The van der Waals surface area contributed by atoms with Crippen molar-refractivity contribution in [2.45, 2.75) is 13.5 Å². The summed E-state index contributed by atoms with van der Waals surface area (Å²) >= 11 is 4.44. The van der Waals surface area contributed by atoms with Crippen LogP contribution in [0.25, 0.3) is 17.0 Å². The van der Waals surface area contributed by atoms with Crippen molar-refractivity contribution < 1.29 is 18.7 Å². The van der Waals surface area contributed by atoms with Gasteiger partial charge in [-0.05, 0) is 55.1 Å². The molecule has 3 aromatic rings. The number of nitrogens with zero attached hydrogens (tertiary/aromatic N) is 2. The average molecular weight is 489 g/mol. The fraction of sp³-hybridized carbons (Fsp3) is 0.182. The number of imide groups is 1. The SMILES string of the molecule is CCN1C(=O)S/C(=C\c2cn(CCOc3ccccc3F)c3ccc(Br)cc23)C1=O. The molecule has 0 N–H and O–H groups in total. The number of hydrogen-bond donors (Lipinski definition) is 0. The van der Waals surface area contributed by atoms with E-state index in [1.807, 2.05) is 29.0 Å². The third-order valence-electron chi connectivity index (χ3n) is 4.78. The summed E-state index contributed by atoms with van der Waals surface area (Å²) in [7, 11) is 0. The summed E-state index contributed by atoms with van der Waals surface area (Å²) < 4.78 is 22.3. The third kappa shape index (κ3) is 4.02. The molecule has 2 amide bonds. The second-order valence-electron chi connectivity index (χ2n) is 6.64. The molecule has 5 nitrogen and oxygen atoms in total. The lowest BCUT2D eigenvalue weighted by Gasteiger charge is -2.09. The van der Waals surface area contributed by atoms with Crippen molar-refractivity contribution in [3.63, 3.8) is 0 Å². The van der Waals surface area contributed by atoms with Crippen molar-refractivity contribution in [1.82, 2.24) is 9.47 Å². The minimum absolute atomic E-state index is 0.213. The number of likely N-dealkylation sites (N-methyl/N-ethyl adjacent to an activating group) is 1. The van der Waals surface area contributed by atoms with Crippen LogP contribution in [-0.4, -0.2) is 33.8 Å². The summed E-state index contributed by atoms with van der Waals surface area (Å²) in [5.74, 6) is -0.456. The topological polar surface area (TPSA) is 51.5 Å². The van der Waals surface area contributed by atoms with E-state index in [-0.39, 0.29) is 23.5 Å². The molecule has 154 valence electrons. The number of rotatable bonds is 6. The Bertz CT molecular complexity index is 1170. The van der Waals surface area contributed by atoms with E-state index in [4.69, 9.17) is 4.74 Å². The molecule has 2 aromatic carbocycles. The molecule has 1 aliphatic rings. The number of amides is 2. The molecule has 0 atom stereocenters. The largest absolute Gasteiger partial charge is 0.489 e. The maximum atomic E-state index is 13.8. The second-order valence-corrected chi connectivity index (χ2v) is 8.55. The number of benzene rings is 2. The summed E-state index contributed by atoms with van der Waals surface area (Å²) in [6, 6.07) is 12.2. The number of ether oxygens (including phenoxy) is 1. The highest BCUT2D eigenvalue weighted by molar-refractivity contribution is 9.10. The third-order valence-corrected chi connectivity index (χ3v) is 6.18. The van der Waals surface area contributed by atoms with Gasteiger partial charge in [0.1, 0.15) is 6.61 Å². The van der Waals surface area contributed by atoms with Crippen LogP contribution in [0, 0.1) is 5.82 Å². The van der Waals surface area contributed by atoms with Crippen LogP contribution in [0.15, 0.2) is 58.0 Å². The van der Waals surface area contributed by atoms with Gasteiger partial charge in [-0.2, -0.15) is 0 Å². The van der Waals surface area contributed by atoms with Crippen LogP contribution in [0.1, 0.15) is 12.5 Å².